The lowest BCUT2D eigenvalue weighted by atomic mass is 9.87. The zero-order valence-electron chi connectivity index (χ0n) is 12.9. The molecule has 0 radical (unpaired) electrons. The van der Waals surface area contributed by atoms with E-state index in [2.05, 4.69) is 22.9 Å². The van der Waals surface area contributed by atoms with Crippen molar-refractivity contribution in [3.05, 3.63) is 29.8 Å². The smallest absolute Gasteiger partial charge is 0.321 e. The van der Waals surface area contributed by atoms with Crippen molar-refractivity contribution in [2.75, 3.05) is 5.32 Å². The van der Waals surface area contributed by atoms with Crippen LogP contribution in [0.1, 0.15) is 50.6 Å². The third-order valence-electron chi connectivity index (χ3n) is 4.57. The van der Waals surface area contributed by atoms with Gasteiger partial charge in [-0.05, 0) is 36.5 Å². The summed E-state index contributed by atoms with van der Waals surface area (Å²) in [6, 6.07) is 7.94. The van der Waals surface area contributed by atoms with Crippen LogP contribution in [0.15, 0.2) is 24.3 Å². The highest BCUT2D eigenvalue weighted by atomic mass is 16.2. The maximum Gasteiger partial charge on any atom is 0.321 e. The zero-order chi connectivity index (χ0) is 15.5. The first-order valence-corrected chi connectivity index (χ1v) is 8.07. The summed E-state index contributed by atoms with van der Waals surface area (Å²) in [5, 5.41) is 8.62. The summed E-state index contributed by atoms with van der Waals surface area (Å²) < 4.78 is 0. The van der Waals surface area contributed by atoms with Gasteiger partial charge in [-0.15, -0.1) is 0 Å². The van der Waals surface area contributed by atoms with E-state index in [0.29, 0.717) is 12.5 Å². The summed E-state index contributed by atoms with van der Waals surface area (Å²) in [7, 11) is 0. The molecule has 0 bridgehead atoms. The summed E-state index contributed by atoms with van der Waals surface area (Å²) in [5.74, 6) is 0.564. The molecule has 3 N–H and O–H groups in total. The van der Waals surface area contributed by atoms with Crippen LogP contribution in [0.2, 0.25) is 0 Å². The molecule has 5 heteroatoms. The van der Waals surface area contributed by atoms with Crippen molar-refractivity contribution in [3.8, 4) is 0 Å². The van der Waals surface area contributed by atoms with Crippen LogP contribution in [-0.2, 0) is 4.79 Å². The van der Waals surface area contributed by atoms with Gasteiger partial charge in [0.2, 0.25) is 5.91 Å². The first kappa shape index (κ1) is 14.9. The number of anilines is 1. The van der Waals surface area contributed by atoms with Gasteiger partial charge in [-0.2, -0.15) is 0 Å². The summed E-state index contributed by atoms with van der Waals surface area (Å²) in [4.78, 5) is 22.8. The number of amides is 3. The van der Waals surface area contributed by atoms with Gasteiger partial charge in [0.1, 0.15) is 0 Å². The van der Waals surface area contributed by atoms with Crippen molar-refractivity contribution >= 4 is 17.6 Å². The van der Waals surface area contributed by atoms with Gasteiger partial charge in [-0.1, -0.05) is 31.9 Å². The first-order chi connectivity index (χ1) is 10.6. The van der Waals surface area contributed by atoms with E-state index in [-0.39, 0.29) is 11.9 Å². The molecular weight excluding hydrogens is 278 g/mol. The number of carbonyl (C=O) groups excluding carboxylic acids is 2. The van der Waals surface area contributed by atoms with Crippen LogP contribution in [0.25, 0.3) is 0 Å². The molecule has 1 aromatic carbocycles. The van der Waals surface area contributed by atoms with E-state index in [1.165, 1.54) is 25.7 Å². The molecule has 2 aliphatic rings. The second kappa shape index (κ2) is 6.38. The van der Waals surface area contributed by atoms with Crippen LogP contribution in [0.5, 0.6) is 0 Å². The summed E-state index contributed by atoms with van der Waals surface area (Å²) in [6.45, 7) is 2.31. The minimum absolute atomic E-state index is 0.229. The molecule has 3 rings (SSSR count). The maximum atomic E-state index is 11.4. The highest BCUT2D eigenvalue weighted by Crippen LogP contribution is 2.27. The Morgan fingerprint density at radius 3 is 2.59 bits per heavy atom. The van der Waals surface area contributed by atoms with Crippen LogP contribution < -0.4 is 16.0 Å². The monoisotopic (exact) mass is 301 g/mol. The van der Waals surface area contributed by atoms with Crippen molar-refractivity contribution in [1.82, 2.24) is 10.6 Å². The van der Waals surface area contributed by atoms with Gasteiger partial charge in [0.05, 0.1) is 12.5 Å². The van der Waals surface area contributed by atoms with Crippen molar-refractivity contribution in [2.45, 2.75) is 51.1 Å². The van der Waals surface area contributed by atoms with Gasteiger partial charge in [-0.25, -0.2) is 4.79 Å². The number of hydrogen-bond acceptors (Lipinski definition) is 3. The van der Waals surface area contributed by atoms with Gasteiger partial charge >= 0.3 is 6.03 Å². The molecule has 5 nitrogen and oxygen atoms in total. The van der Waals surface area contributed by atoms with Gasteiger partial charge in [-0.3, -0.25) is 10.1 Å². The van der Waals surface area contributed by atoms with Crippen molar-refractivity contribution in [2.24, 2.45) is 5.92 Å². The molecule has 2 fully saturated rings. The van der Waals surface area contributed by atoms with E-state index in [9.17, 15) is 9.59 Å². The zero-order valence-corrected chi connectivity index (χ0v) is 12.9. The van der Waals surface area contributed by atoms with Crippen LogP contribution in [0, 0.1) is 5.92 Å². The third-order valence-corrected chi connectivity index (χ3v) is 4.57. The minimum atomic E-state index is -0.417. The minimum Gasteiger partial charge on any atom is -0.382 e. The fourth-order valence-electron chi connectivity index (χ4n) is 3.42. The topological polar surface area (TPSA) is 70.2 Å². The van der Waals surface area contributed by atoms with Crippen LogP contribution >= 0.6 is 0 Å². The molecule has 1 saturated heterocycles. The molecule has 0 spiro atoms. The Morgan fingerprint density at radius 2 is 1.91 bits per heavy atom. The summed E-state index contributed by atoms with van der Waals surface area (Å²) in [5.41, 5.74) is 2.07. The second-order valence-corrected chi connectivity index (χ2v) is 6.51. The molecule has 1 aromatic rings. The Labute approximate surface area is 130 Å². The Hall–Kier alpha value is -2.04. The van der Waals surface area contributed by atoms with Crippen molar-refractivity contribution in [1.29, 1.82) is 0 Å². The van der Waals surface area contributed by atoms with Crippen molar-refractivity contribution < 1.29 is 9.59 Å². The quantitative estimate of drug-likeness (QED) is 0.804. The molecule has 1 aliphatic heterocycles. The predicted molar refractivity (Wildman–Crippen MR) is 85.5 cm³/mol. The number of imide groups is 1. The van der Waals surface area contributed by atoms with Gasteiger partial charge in [0.15, 0.2) is 0 Å². The summed E-state index contributed by atoms with van der Waals surface area (Å²) >= 11 is 0. The Balaban J connectivity index is 1.62. The number of urea groups is 1. The van der Waals surface area contributed by atoms with Crippen molar-refractivity contribution in [3.63, 3.8) is 0 Å². The number of carbonyl (C=O) groups is 2. The molecule has 3 amide bonds. The second-order valence-electron chi connectivity index (χ2n) is 6.51. The number of benzene rings is 1. The molecule has 1 heterocycles. The Kier molecular flexibility index (Phi) is 4.32. The Morgan fingerprint density at radius 1 is 1.14 bits per heavy atom. The highest BCUT2D eigenvalue weighted by Gasteiger charge is 2.25. The number of nitrogens with one attached hydrogen (secondary N) is 3. The van der Waals surface area contributed by atoms with E-state index in [1.807, 2.05) is 24.3 Å². The molecule has 1 saturated carbocycles. The highest BCUT2D eigenvalue weighted by molar-refractivity contribution is 5.97. The van der Waals surface area contributed by atoms with Crippen LogP contribution in [0.3, 0.4) is 0 Å². The first-order valence-electron chi connectivity index (χ1n) is 8.07. The van der Waals surface area contributed by atoms with Crippen LogP contribution in [0.4, 0.5) is 10.5 Å². The largest absolute Gasteiger partial charge is 0.382 e. The lowest BCUT2D eigenvalue weighted by Crippen LogP contribution is -2.48. The molecule has 118 valence electrons. The predicted octanol–water partition coefficient (Wildman–Crippen LogP) is 2.95. The Bertz CT molecular complexity index is 540. The lowest BCUT2D eigenvalue weighted by molar-refractivity contribution is -0.121. The van der Waals surface area contributed by atoms with Gasteiger partial charge < -0.3 is 10.6 Å². The molecule has 3 unspecified atom stereocenters. The van der Waals surface area contributed by atoms with E-state index in [4.69, 9.17) is 0 Å². The normalized spacial score (nSPS) is 28.7. The third kappa shape index (κ3) is 3.59. The van der Waals surface area contributed by atoms with Crippen LogP contribution in [-0.4, -0.2) is 18.0 Å². The van der Waals surface area contributed by atoms with Gasteiger partial charge in [0.25, 0.3) is 0 Å². The van der Waals surface area contributed by atoms with E-state index in [1.54, 1.807) is 0 Å². The summed E-state index contributed by atoms with van der Waals surface area (Å²) in [6.07, 6.45) is 5.37. The SMILES string of the molecule is CC1CCCC(Nc2ccc(C3CC(=O)NC(=O)N3)cc2)C1. The molecule has 0 aromatic heterocycles. The fourth-order valence-corrected chi connectivity index (χ4v) is 3.42. The van der Waals surface area contributed by atoms with E-state index in [0.717, 1.165) is 17.2 Å². The average Bonchev–Trinajstić information content (AvgIpc) is 2.47. The lowest BCUT2D eigenvalue weighted by Gasteiger charge is -2.28. The standard InChI is InChI=1S/C17H23N3O2/c1-11-3-2-4-14(9-11)18-13-7-5-12(6-8-13)15-10-16(21)20-17(22)19-15/h5-8,11,14-15,18H,2-4,9-10H2,1H3,(H2,19,20,21,22). The average molecular weight is 301 g/mol. The molecule has 22 heavy (non-hydrogen) atoms. The number of hydrogen-bond donors (Lipinski definition) is 3. The maximum absolute atomic E-state index is 11.4. The molecular formula is C17H23N3O2. The van der Waals surface area contributed by atoms with E-state index >= 15 is 0 Å². The number of rotatable bonds is 3. The molecule has 3 atom stereocenters. The fraction of sp³-hybridized carbons (Fsp3) is 0.529. The van der Waals surface area contributed by atoms with Gasteiger partial charge in [0, 0.05) is 11.7 Å². The van der Waals surface area contributed by atoms with E-state index < -0.39 is 6.03 Å². The molecule has 1 aliphatic carbocycles.